The molecule has 0 aromatic carbocycles. The zero-order valence-electron chi connectivity index (χ0n) is 7.28. The zero-order valence-corrected chi connectivity index (χ0v) is 7.28. The van der Waals surface area contributed by atoms with Crippen LogP contribution in [0.4, 0.5) is 5.69 Å². The topological polar surface area (TPSA) is 59.1 Å². The third kappa shape index (κ3) is 3.46. The normalized spacial score (nSPS) is 9.31. The van der Waals surface area contributed by atoms with Crippen molar-refractivity contribution in [2.75, 3.05) is 5.32 Å². The average molecular weight is 178 g/mol. The number of hydrogen-bond acceptors (Lipinski definition) is 3. The fraction of sp³-hybridized carbons (Fsp3) is 0.222. The van der Waals surface area contributed by atoms with Crippen LogP contribution in [0.3, 0.4) is 0 Å². The van der Waals surface area contributed by atoms with Gasteiger partial charge in [-0.1, -0.05) is 0 Å². The number of nitrogens with zero attached hydrogens (tertiary/aromatic N) is 1. The van der Waals surface area contributed by atoms with E-state index in [0.717, 1.165) is 0 Å². The molecule has 1 N–H and O–H groups in total. The second kappa shape index (κ2) is 4.35. The van der Waals surface area contributed by atoms with Crippen LogP contribution in [0.15, 0.2) is 24.5 Å². The minimum atomic E-state index is -0.305. The van der Waals surface area contributed by atoms with Crippen LogP contribution in [0.2, 0.25) is 0 Å². The number of hydrogen-bond donors (Lipinski definition) is 1. The molecule has 13 heavy (non-hydrogen) atoms. The lowest BCUT2D eigenvalue weighted by Gasteiger charge is -2.01. The fourth-order valence-corrected chi connectivity index (χ4v) is 0.868. The highest BCUT2D eigenvalue weighted by Crippen LogP contribution is 2.02. The van der Waals surface area contributed by atoms with Crippen molar-refractivity contribution < 1.29 is 9.59 Å². The predicted molar refractivity (Wildman–Crippen MR) is 48.2 cm³/mol. The van der Waals surface area contributed by atoms with Crippen molar-refractivity contribution in [1.29, 1.82) is 0 Å². The molecular formula is C9H10N2O2. The van der Waals surface area contributed by atoms with E-state index in [1.165, 1.54) is 13.1 Å². The Morgan fingerprint density at radius 3 is 2.85 bits per heavy atom. The summed E-state index contributed by atoms with van der Waals surface area (Å²) in [6, 6.07) is 3.43. The number of amides is 1. The maximum absolute atomic E-state index is 11.1. The van der Waals surface area contributed by atoms with E-state index in [1.54, 1.807) is 18.3 Å². The van der Waals surface area contributed by atoms with Crippen LogP contribution in [0.25, 0.3) is 0 Å². The first-order valence-electron chi connectivity index (χ1n) is 3.88. The standard InChI is InChI=1S/C9H10N2O2/c1-7(12)5-9(13)11-8-3-2-4-10-6-8/h2-4,6H,5H2,1H3,(H,11,13). The van der Waals surface area contributed by atoms with E-state index >= 15 is 0 Å². The van der Waals surface area contributed by atoms with Crippen molar-refractivity contribution in [1.82, 2.24) is 4.98 Å². The van der Waals surface area contributed by atoms with Crippen LogP contribution in [0.1, 0.15) is 13.3 Å². The molecule has 68 valence electrons. The quantitative estimate of drug-likeness (QED) is 0.702. The van der Waals surface area contributed by atoms with Crippen molar-refractivity contribution in [3.05, 3.63) is 24.5 Å². The molecular weight excluding hydrogens is 168 g/mol. The van der Waals surface area contributed by atoms with Gasteiger partial charge in [-0.25, -0.2) is 0 Å². The zero-order chi connectivity index (χ0) is 9.68. The van der Waals surface area contributed by atoms with Gasteiger partial charge in [0.05, 0.1) is 18.3 Å². The second-order valence-electron chi connectivity index (χ2n) is 2.67. The van der Waals surface area contributed by atoms with E-state index in [-0.39, 0.29) is 18.1 Å². The molecule has 1 amide bonds. The van der Waals surface area contributed by atoms with Gasteiger partial charge in [-0.2, -0.15) is 0 Å². The average Bonchev–Trinajstić information content (AvgIpc) is 2.04. The van der Waals surface area contributed by atoms with Gasteiger partial charge < -0.3 is 5.32 Å². The number of carbonyl (C=O) groups is 2. The number of carbonyl (C=O) groups excluding carboxylic acids is 2. The Morgan fingerprint density at radius 2 is 2.31 bits per heavy atom. The molecule has 1 heterocycles. The number of nitrogens with one attached hydrogen (secondary N) is 1. The molecule has 0 aliphatic rings. The largest absolute Gasteiger partial charge is 0.324 e. The van der Waals surface area contributed by atoms with Crippen molar-refractivity contribution in [2.24, 2.45) is 0 Å². The Bertz CT molecular complexity index is 309. The molecule has 0 radical (unpaired) electrons. The molecule has 4 nitrogen and oxygen atoms in total. The van der Waals surface area contributed by atoms with Crippen molar-refractivity contribution in [2.45, 2.75) is 13.3 Å². The molecule has 0 saturated heterocycles. The molecule has 0 bridgehead atoms. The molecule has 0 aliphatic heterocycles. The minimum absolute atomic E-state index is 0.0884. The number of anilines is 1. The molecule has 4 heteroatoms. The summed E-state index contributed by atoms with van der Waals surface area (Å²) in [7, 11) is 0. The lowest BCUT2D eigenvalue weighted by atomic mass is 10.3. The first-order valence-corrected chi connectivity index (χ1v) is 3.88. The third-order valence-electron chi connectivity index (χ3n) is 1.35. The number of rotatable bonds is 3. The highest BCUT2D eigenvalue weighted by atomic mass is 16.2. The van der Waals surface area contributed by atoms with Crippen LogP contribution >= 0.6 is 0 Å². The van der Waals surface area contributed by atoms with Crippen LogP contribution in [0, 0.1) is 0 Å². The van der Waals surface area contributed by atoms with Gasteiger partial charge in [0, 0.05) is 6.20 Å². The van der Waals surface area contributed by atoms with Gasteiger partial charge in [-0.3, -0.25) is 14.6 Å². The van der Waals surface area contributed by atoms with E-state index in [1.807, 2.05) is 0 Å². The van der Waals surface area contributed by atoms with Gasteiger partial charge in [0.25, 0.3) is 0 Å². The monoisotopic (exact) mass is 178 g/mol. The van der Waals surface area contributed by atoms with Gasteiger partial charge in [0.1, 0.15) is 5.78 Å². The van der Waals surface area contributed by atoms with E-state index in [0.29, 0.717) is 5.69 Å². The Labute approximate surface area is 76.0 Å². The van der Waals surface area contributed by atoms with E-state index < -0.39 is 0 Å². The van der Waals surface area contributed by atoms with Crippen LogP contribution < -0.4 is 5.32 Å². The SMILES string of the molecule is CC(=O)CC(=O)Nc1cccnc1. The van der Waals surface area contributed by atoms with Gasteiger partial charge in [-0.05, 0) is 19.1 Å². The summed E-state index contributed by atoms with van der Waals surface area (Å²) in [6.45, 7) is 1.38. The predicted octanol–water partition coefficient (Wildman–Crippen LogP) is 0.999. The second-order valence-corrected chi connectivity index (χ2v) is 2.67. The molecule has 1 aromatic rings. The van der Waals surface area contributed by atoms with Crippen LogP contribution in [-0.2, 0) is 9.59 Å². The summed E-state index contributed by atoms with van der Waals surface area (Å²) in [5.74, 6) is -0.457. The lowest BCUT2D eigenvalue weighted by Crippen LogP contribution is -2.14. The molecule has 0 aliphatic carbocycles. The van der Waals surface area contributed by atoms with E-state index in [9.17, 15) is 9.59 Å². The smallest absolute Gasteiger partial charge is 0.231 e. The van der Waals surface area contributed by atoms with Gasteiger partial charge in [0.2, 0.25) is 5.91 Å². The van der Waals surface area contributed by atoms with Crippen molar-refractivity contribution in [3.63, 3.8) is 0 Å². The van der Waals surface area contributed by atoms with E-state index in [4.69, 9.17) is 0 Å². The summed E-state index contributed by atoms with van der Waals surface area (Å²) in [5, 5.41) is 2.55. The van der Waals surface area contributed by atoms with Gasteiger partial charge in [0.15, 0.2) is 0 Å². The third-order valence-corrected chi connectivity index (χ3v) is 1.35. The molecule has 0 saturated carbocycles. The number of pyridine rings is 1. The number of Topliss-reactive ketones (excluding diaryl/α,β-unsaturated/α-hetero) is 1. The minimum Gasteiger partial charge on any atom is -0.324 e. The summed E-state index contributed by atoms with van der Waals surface area (Å²) >= 11 is 0. The van der Waals surface area contributed by atoms with Gasteiger partial charge >= 0.3 is 0 Å². The maximum atomic E-state index is 11.1. The number of ketones is 1. The maximum Gasteiger partial charge on any atom is 0.231 e. The fourth-order valence-electron chi connectivity index (χ4n) is 0.868. The Balaban J connectivity index is 2.50. The molecule has 0 spiro atoms. The Kier molecular flexibility index (Phi) is 3.14. The lowest BCUT2D eigenvalue weighted by molar-refractivity contribution is -0.124. The Hall–Kier alpha value is -1.71. The molecule has 0 atom stereocenters. The first kappa shape index (κ1) is 9.38. The Morgan fingerprint density at radius 1 is 1.54 bits per heavy atom. The summed E-state index contributed by atoms with van der Waals surface area (Å²) in [6.07, 6.45) is 3.05. The molecule has 0 unspecified atom stereocenters. The highest BCUT2D eigenvalue weighted by Gasteiger charge is 2.04. The first-order chi connectivity index (χ1) is 6.18. The summed E-state index contributed by atoms with van der Waals surface area (Å²) < 4.78 is 0. The van der Waals surface area contributed by atoms with E-state index in [2.05, 4.69) is 10.3 Å². The van der Waals surface area contributed by atoms with Crippen molar-refractivity contribution in [3.8, 4) is 0 Å². The number of aromatic nitrogens is 1. The summed E-state index contributed by atoms with van der Waals surface area (Å²) in [5.41, 5.74) is 0.605. The molecule has 1 aromatic heterocycles. The summed E-state index contributed by atoms with van der Waals surface area (Å²) in [4.78, 5) is 25.4. The highest BCUT2D eigenvalue weighted by molar-refractivity contribution is 6.03. The molecule has 1 rings (SSSR count). The molecule has 0 fully saturated rings. The van der Waals surface area contributed by atoms with Crippen LogP contribution in [0.5, 0.6) is 0 Å². The van der Waals surface area contributed by atoms with Crippen LogP contribution in [-0.4, -0.2) is 16.7 Å². The van der Waals surface area contributed by atoms with Crippen molar-refractivity contribution >= 4 is 17.4 Å². The van der Waals surface area contributed by atoms with Gasteiger partial charge in [-0.15, -0.1) is 0 Å².